The molecule has 1 nitrogen and oxygen atoms in total. The minimum atomic E-state index is 0.980. The van der Waals surface area contributed by atoms with Gasteiger partial charge in [0.15, 0.2) is 0 Å². The van der Waals surface area contributed by atoms with Gasteiger partial charge in [-0.3, -0.25) is 0 Å². The Kier molecular flexibility index (Phi) is 2.78. The highest BCUT2D eigenvalue weighted by Crippen LogP contribution is 2.44. The highest BCUT2D eigenvalue weighted by molar-refractivity contribution is 7.13. The maximum Gasteiger partial charge on any atom is 0.0407 e. The summed E-state index contributed by atoms with van der Waals surface area (Å²) >= 11 is 1.96. The first-order valence-electron chi connectivity index (χ1n) is 7.20. The Bertz CT molecular complexity index is 719. The zero-order valence-corrected chi connectivity index (χ0v) is 12.2. The normalized spacial score (nSPS) is 17.0. The molecule has 0 amide bonds. The lowest BCUT2D eigenvalue weighted by molar-refractivity contribution is 0.905. The van der Waals surface area contributed by atoms with Crippen molar-refractivity contribution in [1.82, 2.24) is 0 Å². The molecule has 1 heterocycles. The first-order valence-corrected chi connectivity index (χ1v) is 8.02. The molecule has 0 radical (unpaired) electrons. The van der Waals surface area contributed by atoms with Gasteiger partial charge in [0.25, 0.3) is 0 Å². The second kappa shape index (κ2) is 4.64. The minimum absolute atomic E-state index is 0.980. The molecule has 0 saturated heterocycles. The van der Waals surface area contributed by atoms with Crippen LogP contribution in [0.5, 0.6) is 0 Å². The van der Waals surface area contributed by atoms with Crippen LogP contribution in [0.2, 0.25) is 0 Å². The second-order valence-electron chi connectivity index (χ2n) is 5.45. The first-order chi connectivity index (χ1) is 9.84. The fraction of sp³-hybridized carbons (Fsp3) is 0.222. The van der Waals surface area contributed by atoms with Gasteiger partial charge in [-0.15, -0.1) is 11.3 Å². The van der Waals surface area contributed by atoms with Crippen LogP contribution in [-0.4, -0.2) is 0 Å². The van der Waals surface area contributed by atoms with Crippen LogP contribution in [-0.2, 0) is 12.8 Å². The SMILES string of the molecule is NC1=C(c2ccccc2)c2sc3c(c2CC1)C=CCC3. The maximum absolute atomic E-state index is 6.35. The van der Waals surface area contributed by atoms with Crippen LogP contribution in [0.3, 0.4) is 0 Å². The largest absolute Gasteiger partial charge is 0.401 e. The number of benzene rings is 1. The van der Waals surface area contributed by atoms with E-state index in [2.05, 4.69) is 42.5 Å². The summed E-state index contributed by atoms with van der Waals surface area (Å²) in [5, 5.41) is 0. The van der Waals surface area contributed by atoms with Gasteiger partial charge in [-0.2, -0.15) is 0 Å². The summed E-state index contributed by atoms with van der Waals surface area (Å²) in [5.41, 5.74) is 12.9. The van der Waals surface area contributed by atoms with Crippen LogP contribution in [0.1, 0.15) is 39.3 Å². The molecule has 0 spiro atoms. The van der Waals surface area contributed by atoms with E-state index in [9.17, 15) is 0 Å². The average Bonchev–Trinajstić information content (AvgIpc) is 2.86. The lowest BCUT2D eigenvalue weighted by atomic mass is 9.88. The lowest BCUT2D eigenvalue weighted by Gasteiger charge is -2.19. The molecule has 1 aromatic carbocycles. The number of hydrogen-bond donors (Lipinski definition) is 1. The van der Waals surface area contributed by atoms with Crippen LogP contribution < -0.4 is 5.73 Å². The second-order valence-corrected chi connectivity index (χ2v) is 6.56. The number of nitrogens with two attached hydrogens (primary N) is 1. The van der Waals surface area contributed by atoms with E-state index in [1.807, 2.05) is 11.3 Å². The summed E-state index contributed by atoms with van der Waals surface area (Å²) in [6.07, 6.45) is 9.05. The van der Waals surface area contributed by atoms with Crippen molar-refractivity contribution in [2.75, 3.05) is 0 Å². The van der Waals surface area contributed by atoms with E-state index < -0.39 is 0 Å². The third-order valence-corrected chi connectivity index (χ3v) is 5.53. The Morgan fingerprint density at radius 2 is 1.85 bits per heavy atom. The van der Waals surface area contributed by atoms with E-state index in [4.69, 9.17) is 5.73 Å². The molecular formula is C18H17NS. The Morgan fingerprint density at radius 3 is 2.70 bits per heavy atom. The first kappa shape index (κ1) is 12.0. The van der Waals surface area contributed by atoms with Crippen LogP contribution in [0.25, 0.3) is 11.6 Å². The third kappa shape index (κ3) is 1.75. The number of aryl methyl sites for hydroxylation is 1. The lowest BCUT2D eigenvalue weighted by Crippen LogP contribution is -2.10. The van der Waals surface area contributed by atoms with Crippen molar-refractivity contribution in [1.29, 1.82) is 0 Å². The van der Waals surface area contributed by atoms with Crippen LogP contribution in [0.4, 0.5) is 0 Å². The van der Waals surface area contributed by atoms with E-state index in [1.165, 1.54) is 40.0 Å². The molecule has 0 saturated carbocycles. The molecule has 20 heavy (non-hydrogen) atoms. The third-order valence-electron chi connectivity index (χ3n) is 4.20. The molecule has 2 aliphatic carbocycles. The predicted octanol–water partition coefficient (Wildman–Crippen LogP) is 4.37. The van der Waals surface area contributed by atoms with E-state index >= 15 is 0 Å². The fourth-order valence-corrected chi connectivity index (χ4v) is 4.68. The van der Waals surface area contributed by atoms with Crippen molar-refractivity contribution in [2.45, 2.75) is 25.7 Å². The van der Waals surface area contributed by atoms with Gasteiger partial charge in [-0.1, -0.05) is 42.5 Å². The van der Waals surface area contributed by atoms with Crippen molar-refractivity contribution in [3.05, 3.63) is 68.5 Å². The molecular weight excluding hydrogens is 262 g/mol. The summed E-state index contributed by atoms with van der Waals surface area (Å²) < 4.78 is 0. The van der Waals surface area contributed by atoms with Crippen LogP contribution >= 0.6 is 11.3 Å². The Labute approximate surface area is 123 Å². The Balaban J connectivity index is 1.93. The molecule has 2 heteroatoms. The summed E-state index contributed by atoms with van der Waals surface area (Å²) in [5.74, 6) is 0. The number of thiophene rings is 1. The van der Waals surface area contributed by atoms with E-state index in [-0.39, 0.29) is 0 Å². The van der Waals surface area contributed by atoms with E-state index in [0.717, 1.165) is 18.5 Å². The van der Waals surface area contributed by atoms with Gasteiger partial charge in [0.1, 0.15) is 0 Å². The molecule has 2 aliphatic rings. The highest BCUT2D eigenvalue weighted by atomic mass is 32.1. The van der Waals surface area contributed by atoms with Crippen molar-refractivity contribution in [3.8, 4) is 0 Å². The quantitative estimate of drug-likeness (QED) is 0.824. The number of hydrogen-bond acceptors (Lipinski definition) is 2. The van der Waals surface area contributed by atoms with Crippen molar-refractivity contribution in [3.63, 3.8) is 0 Å². The molecule has 0 bridgehead atoms. The van der Waals surface area contributed by atoms with Crippen molar-refractivity contribution < 1.29 is 0 Å². The highest BCUT2D eigenvalue weighted by Gasteiger charge is 2.25. The molecule has 2 aromatic rings. The Hall–Kier alpha value is -1.80. The van der Waals surface area contributed by atoms with Gasteiger partial charge in [0, 0.05) is 21.0 Å². The fourth-order valence-electron chi connectivity index (χ4n) is 3.23. The smallest absolute Gasteiger partial charge is 0.0407 e. The molecule has 100 valence electrons. The monoisotopic (exact) mass is 279 g/mol. The number of fused-ring (bicyclic) bond motifs is 3. The summed E-state index contributed by atoms with van der Waals surface area (Å²) in [4.78, 5) is 2.96. The summed E-state index contributed by atoms with van der Waals surface area (Å²) in [6, 6.07) is 10.6. The van der Waals surface area contributed by atoms with Gasteiger partial charge >= 0.3 is 0 Å². The predicted molar refractivity (Wildman–Crippen MR) is 86.6 cm³/mol. The zero-order valence-electron chi connectivity index (χ0n) is 11.4. The summed E-state index contributed by atoms with van der Waals surface area (Å²) in [7, 11) is 0. The Morgan fingerprint density at radius 1 is 1.00 bits per heavy atom. The van der Waals surface area contributed by atoms with Crippen LogP contribution in [0.15, 0.2) is 42.1 Å². The van der Waals surface area contributed by atoms with Gasteiger partial charge < -0.3 is 5.73 Å². The van der Waals surface area contributed by atoms with Gasteiger partial charge in [0.05, 0.1) is 0 Å². The molecule has 4 rings (SSSR count). The topological polar surface area (TPSA) is 26.0 Å². The molecule has 2 N–H and O–H groups in total. The molecule has 0 unspecified atom stereocenters. The standard InChI is InChI=1S/C18H17NS/c19-15-11-10-14-13-8-4-5-9-16(13)20-18(14)17(15)12-6-2-1-3-7-12/h1-4,6-8H,5,9-11,19H2. The van der Waals surface area contributed by atoms with Crippen molar-refractivity contribution >= 4 is 23.0 Å². The summed E-state index contributed by atoms with van der Waals surface area (Å²) in [6.45, 7) is 0. The molecule has 0 aliphatic heterocycles. The van der Waals surface area contributed by atoms with Crippen LogP contribution in [0, 0.1) is 0 Å². The minimum Gasteiger partial charge on any atom is -0.401 e. The number of rotatable bonds is 1. The van der Waals surface area contributed by atoms with Gasteiger partial charge in [-0.25, -0.2) is 0 Å². The van der Waals surface area contributed by atoms with Crippen molar-refractivity contribution in [2.24, 2.45) is 5.73 Å². The number of allylic oxidation sites excluding steroid dienone is 2. The molecule has 0 atom stereocenters. The molecule has 0 fully saturated rings. The average molecular weight is 279 g/mol. The van der Waals surface area contributed by atoms with Gasteiger partial charge in [0.2, 0.25) is 0 Å². The molecule has 1 aromatic heterocycles. The zero-order chi connectivity index (χ0) is 13.5. The van der Waals surface area contributed by atoms with E-state index in [1.54, 1.807) is 4.88 Å². The van der Waals surface area contributed by atoms with E-state index in [0.29, 0.717) is 0 Å². The maximum atomic E-state index is 6.35. The van der Waals surface area contributed by atoms with Gasteiger partial charge in [-0.05, 0) is 42.4 Å².